The molecule has 1 atom stereocenters. The van der Waals surface area contributed by atoms with Crippen LogP contribution in [0.1, 0.15) is 32.4 Å². The number of nitrogens with zero attached hydrogens (tertiary/aromatic N) is 4. The zero-order valence-corrected chi connectivity index (χ0v) is 24.5. The first-order valence-electron chi connectivity index (χ1n) is 13.7. The van der Waals surface area contributed by atoms with Crippen LogP contribution < -0.4 is 15.4 Å². The molecule has 0 fully saturated rings. The van der Waals surface area contributed by atoms with E-state index in [2.05, 4.69) is 20.6 Å². The van der Waals surface area contributed by atoms with Gasteiger partial charge in [-0.1, -0.05) is 26.0 Å². The van der Waals surface area contributed by atoms with Gasteiger partial charge in [0.05, 0.1) is 13.2 Å². The largest absolute Gasteiger partial charge is 0.494 e. The third kappa shape index (κ3) is 8.10. The SMILES string of the molecule is CC(C)C[C@H]1NC(=O)CN(S(=O)(=O)c2cccnc2C(F)(F)F)CCCOc2cccc(c2)-c2nccn2CCNC1=O. The highest BCUT2D eigenvalue weighted by molar-refractivity contribution is 7.89. The maximum atomic E-state index is 13.7. The van der Waals surface area contributed by atoms with Gasteiger partial charge in [-0.25, -0.2) is 13.4 Å². The van der Waals surface area contributed by atoms with Gasteiger partial charge in [-0.05, 0) is 43.0 Å². The number of ether oxygens (including phenoxy) is 1. The highest BCUT2D eigenvalue weighted by atomic mass is 32.2. The maximum absolute atomic E-state index is 13.7. The van der Waals surface area contributed by atoms with Gasteiger partial charge in [0.1, 0.15) is 22.5 Å². The van der Waals surface area contributed by atoms with Crippen molar-refractivity contribution in [3.63, 3.8) is 0 Å². The summed E-state index contributed by atoms with van der Waals surface area (Å²) in [6.45, 7) is 3.15. The molecule has 1 aliphatic heterocycles. The quantitative estimate of drug-likeness (QED) is 0.457. The smallest absolute Gasteiger partial charge is 0.434 e. The standard InChI is InChI=1S/C28H33F3N6O5S/c1-19(2)16-22-27(39)34-11-14-36-13-10-33-26(36)20-6-3-7-21(17-20)42-15-5-12-37(18-24(38)35-22)43(40,41)23-8-4-9-32-25(23)28(29,30)31/h3-4,6-10,13,17,19,22H,5,11-12,14-16,18H2,1-2H3,(H,34,39)(H,35,38)/t22-/m1/s1. The number of halogens is 3. The fourth-order valence-corrected chi connectivity index (χ4v) is 6.26. The van der Waals surface area contributed by atoms with Gasteiger partial charge >= 0.3 is 6.18 Å². The summed E-state index contributed by atoms with van der Waals surface area (Å²) in [6, 6.07) is 7.95. The van der Waals surface area contributed by atoms with E-state index < -0.39 is 51.2 Å². The summed E-state index contributed by atoms with van der Waals surface area (Å²) >= 11 is 0. The number of rotatable bonds is 4. The van der Waals surface area contributed by atoms with Gasteiger partial charge in [0, 0.05) is 43.8 Å². The number of nitrogens with one attached hydrogen (secondary N) is 2. The number of benzene rings is 1. The number of carbonyl (C=O) groups excluding carboxylic acids is 2. The summed E-state index contributed by atoms with van der Waals surface area (Å²) in [6.07, 6.45) is -0.493. The van der Waals surface area contributed by atoms with Crippen molar-refractivity contribution in [2.24, 2.45) is 5.92 Å². The lowest BCUT2D eigenvalue weighted by Crippen LogP contribution is -2.51. The Hall–Kier alpha value is -3.98. The van der Waals surface area contributed by atoms with Gasteiger partial charge in [-0.2, -0.15) is 17.5 Å². The van der Waals surface area contributed by atoms with Crippen molar-refractivity contribution >= 4 is 21.8 Å². The maximum Gasteiger partial charge on any atom is 0.434 e. The highest BCUT2D eigenvalue weighted by Gasteiger charge is 2.41. The van der Waals surface area contributed by atoms with Crippen LogP contribution >= 0.6 is 0 Å². The number of fused-ring (bicyclic) bond motifs is 4. The molecule has 4 rings (SSSR count). The van der Waals surface area contributed by atoms with Crippen molar-refractivity contribution in [1.82, 2.24) is 29.5 Å². The van der Waals surface area contributed by atoms with E-state index in [9.17, 15) is 31.2 Å². The van der Waals surface area contributed by atoms with Gasteiger partial charge < -0.3 is 19.9 Å². The minimum atomic E-state index is -5.05. The minimum Gasteiger partial charge on any atom is -0.494 e. The van der Waals surface area contributed by atoms with E-state index in [1.54, 1.807) is 30.6 Å². The average Bonchev–Trinajstić information content (AvgIpc) is 3.42. The van der Waals surface area contributed by atoms with Crippen LogP contribution in [-0.4, -0.2) is 71.4 Å². The predicted molar refractivity (Wildman–Crippen MR) is 150 cm³/mol. The second-order valence-corrected chi connectivity index (χ2v) is 12.3. The van der Waals surface area contributed by atoms with Crippen molar-refractivity contribution < 1.29 is 35.9 Å². The number of aromatic nitrogens is 3. The number of sulfonamides is 1. The van der Waals surface area contributed by atoms with E-state index in [1.807, 2.05) is 24.5 Å². The Labute approximate surface area is 247 Å². The zero-order valence-electron chi connectivity index (χ0n) is 23.7. The first-order valence-corrected chi connectivity index (χ1v) is 15.1. The topological polar surface area (TPSA) is 136 Å². The Bertz CT molecular complexity index is 1540. The van der Waals surface area contributed by atoms with Gasteiger partial charge in [-0.15, -0.1) is 0 Å². The molecule has 3 heterocycles. The Morgan fingerprint density at radius 1 is 1.09 bits per heavy atom. The molecule has 3 aromatic rings. The van der Waals surface area contributed by atoms with Crippen molar-refractivity contribution in [3.8, 4) is 17.1 Å². The van der Waals surface area contributed by atoms with Gasteiger partial charge in [0.15, 0.2) is 5.69 Å². The molecule has 1 aromatic carbocycles. The van der Waals surface area contributed by atoms with Crippen LogP contribution in [0.3, 0.4) is 0 Å². The van der Waals surface area contributed by atoms with Crippen molar-refractivity contribution in [2.45, 2.75) is 50.3 Å². The predicted octanol–water partition coefficient (Wildman–Crippen LogP) is 3.08. The van der Waals surface area contributed by atoms with E-state index >= 15 is 0 Å². The molecular formula is C28H33F3N6O5S. The molecule has 2 bridgehead atoms. The first-order chi connectivity index (χ1) is 20.4. The second kappa shape index (κ2) is 13.5. The molecule has 2 aromatic heterocycles. The summed E-state index contributed by atoms with van der Waals surface area (Å²) in [4.78, 5) is 32.9. The molecule has 232 valence electrons. The van der Waals surface area contributed by atoms with Gasteiger partial charge in [0.2, 0.25) is 21.8 Å². The van der Waals surface area contributed by atoms with Crippen LogP contribution in [0.4, 0.5) is 13.2 Å². The number of pyridine rings is 1. The molecule has 0 spiro atoms. The molecule has 0 aliphatic carbocycles. The third-order valence-electron chi connectivity index (χ3n) is 6.62. The van der Waals surface area contributed by atoms with E-state index in [4.69, 9.17) is 4.74 Å². The van der Waals surface area contributed by atoms with Crippen LogP contribution in [0, 0.1) is 5.92 Å². The van der Waals surface area contributed by atoms with E-state index in [1.165, 1.54) is 0 Å². The molecule has 0 unspecified atom stereocenters. The normalized spacial score (nSPS) is 18.1. The number of hydrogen-bond donors (Lipinski definition) is 2. The van der Waals surface area contributed by atoms with E-state index in [0.29, 0.717) is 22.4 Å². The molecule has 11 nitrogen and oxygen atoms in total. The Morgan fingerprint density at radius 3 is 2.63 bits per heavy atom. The molecular weight excluding hydrogens is 589 g/mol. The van der Waals surface area contributed by atoms with Gasteiger partial charge in [-0.3, -0.25) is 14.6 Å². The lowest BCUT2D eigenvalue weighted by atomic mass is 10.0. The van der Waals surface area contributed by atoms with Gasteiger partial charge in [0.25, 0.3) is 0 Å². The lowest BCUT2D eigenvalue weighted by molar-refractivity contribution is -0.143. The second-order valence-electron chi connectivity index (χ2n) is 10.4. The number of amides is 2. The molecule has 2 N–H and O–H groups in total. The minimum absolute atomic E-state index is 0.00306. The molecule has 15 heteroatoms. The van der Waals surface area contributed by atoms with Crippen molar-refractivity contribution in [3.05, 3.63) is 60.7 Å². The third-order valence-corrected chi connectivity index (χ3v) is 8.49. The highest BCUT2D eigenvalue weighted by Crippen LogP contribution is 2.33. The summed E-state index contributed by atoms with van der Waals surface area (Å²) in [5.41, 5.74) is -0.835. The first kappa shape index (κ1) is 31.9. The molecule has 0 saturated carbocycles. The molecule has 0 saturated heterocycles. The zero-order chi connectivity index (χ0) is 31.2. The molecule has 2 amide bonds. The number of carbonyl (C=O) groups is 2. The van der Waals surface area contributed by atoms with Crippen LogP contribution in [0.25, 0.3) is 11.4 Å². The summed E-state index contributed by atoms with van der Waals surface area (Å²) < 4.78 is 76.6. The van der Waals surface area contributed by atoms with Crippen LogP contribution in [-0.2, 0) is 32.3 Å². The van der Waals surface area contributed by atoms with Crippen molar-refractivity contribution in [2.75, 3.05) is 26.2 Å². The van der Waals surface area contributed by atoms with Crippen LogP contribution in [0.15, 0.2) is 59.9 Å². The molecule has 1 aliphatic rings. The van der Waals surface area contributed by atoms with Crippen LogP contribution in [0.2, 0.25) is 0 Å². The van der Waals surface area contributed by atoms with E-state index in [-0.39, 0.29) is 38.5 Å². The fourth-order valence-electron chi connectivity index (χ4n) is 4.67. The summed E-state index contributed by atoms with van der Waals surface area (Å²) in [5, 5.41) is 5.37. The Balaban J connectivity index is 1.67. The Kier molecular flexibility index (Phi) is 10.1. The summed E-state index contributed by atoms with van der Waals surface area (Å²) in [5.74, 6) is -0.211. The monoisotopic (exact) mass is 622 g/mol. The summed E-state index contributed by atoms with van der Waals surface area (Å²) in [7, 11) is -4.85. The Morgan fingerprint density at radius 2 is 1.88 bits per heavy atom. The van der Waals surface area contributed by atoms with E-state index in [0.717, 1.165) is 23.9 Å². The van der Waals surface area contributed by atoms with Crippen molar-refractivity contribution in [1.29, 1.82) is 0 Å². The van der Waals surface area contributed by atoms with Crippen LogP contribution in [0.5, 0.6) is 5.75 Å². The fraction of sp³-hybridized carbons (Fsp3) is 0.429. The number of hydrogen-bond acceptors (Lipinski definition) is 7. The number of imidazole rings is 1. The molecule has 0 radical (unpaired) electrons. The number of alkyl halides is 3. The molecule has 43 heavy (non-hydrogen) atoms. The lowest BCUT2D eigenvalue weighted by Gasteiger charge is -2.25. The average molecular weight is 623 g/mol.